The van der Waals surface area contributed by atoms with Crippen molar-refractivity contribution >= 4 is 11.9 Å². The molecule has 0 aliphatic heterocycles. The van der Waals surface area contributed by atoms with Gasteiger partial charge in [0.15, 0.2) is 11.9 Å². The van der Waals surface area contributed by atoms with Gasteiger partial charge in [-0.3, -0.25) is 4.79 Å². The number of ether oxygens (including phenoxy) is 2. The number of benzene rings is 1. The number of carbonyl (C=O) groups excluding carboxylic acids is 2. The fourth-order valence-electron chi connectivity index (χ4n) is 2.62. The Balaban J connectivity index is 2.03. The van der Waals surface area contributed by atoms with Gasteiger partial charge in [0.2, 0.25) is 5.75 Å². The number of nitrogens with zero attached hydrogens (tertiary/aromatic N) is 1. The Hall–Kier alpha value is -3.29. The van der Waals surface area contributed by atoms with Crippen LogP contribution in [-0.4, -0.2) is 36.2 Å². The molecule has 2 N–H and O–H groups in total. The van der Waals surface area contributed by atoms with Crippen LogP contribution in [0.4, 0.5) is 0 Å². The number of pyridine rings is 1. The first-order valence-corrected chi connectivity index (χ1v) is 8.81. The van der Waals surface area contributed by atoms with Crippen molar-refractivity contribution in [3.8, 4) is 11.5 Å². The summed E-state index contributed by atoms with van der Waals surface area (Å²) in [6.45, 7) is 5.14. The van der Waals surface area contributed by atoms with Gasteiger partial charge in [-0.1, -0.05) is 37.3 Å². The summed E-state index contributed by atoms with van der Waals surface area (Å²) in [7, 11) is 1.29. The Morgan fingerprint density at radius 3 is 2.39 bits per heavy atom. The molecule has 150 valence electrons. The fraction of sp³-hybridized carbons (Fsp3) is 0.350. The van der Waals surface area contributed by atoms with Crippen molar-refractivity contribution in [1.82, 2.24) is 5.32 Å². The van der Waals surface area contributed by atoms with Crippen LogP contribution in [0.2, 0.25) is 0 Å². The Morgan fingerprint density at radius 1 is 1.14 bits per heavy atom. The summed E-state index contributed by atoms with van der Waals surface area (Å²) in [4.78, 5) is 24.7. The lowest BCUT2D eigenvalue weighted by molar-refractivity contribution is -0.608. The van der Waals surface area contributed by atoms with Gasteiger partial charge in [0, 0.05) is 12.0 Å². The van der Waals surface area contributed by atoms with Crippen LogP contribution in [0.5, 0.6) is 11.5 Å². The van der Waals surface area contributed by atoms with Crippen molar-refractivity contribution in [2.24, 2.45) is 0 Å². The Kier molecular flexibility index (Phi) is 6.81. The summed E-state index contributed by atoms with van der Waals surface area (Å²) in [5, 5.41) is 24.2. The fourth-order valence-corrected chi connectivity index (χ4v) is 2.62. The van der Waals surface area contributed by atoms with E-state index >= 15 is 0 Å². The molecule has 2 aromatic rings. The highest BCUT2D eigenvalue weighted by atomic mass is 16.5. The molecule has 8 nitrogen and oxygen atoms in total. The van der Waals surface area contributed by atoms with Gasteiger partial charge in [-0.15, -0.1) is 0 Å². The van der Waals surface area contributed by atoms with Crippen LogP contribution >= 0.6 is 0 Å². The molecule has 0 aliphatic rings. The van der Waals surface area contributed by atoms with E-state index < -0.39 is 35.5 Å². The molecule has 3 atom stereocenters. The molecule has 1 aromatic carbocycles. The second-order valence-corrected chi connectivity index (χ2v) is 6.44. The molecule has 8 heteroatoms. The van der Waals surface area contributed by atoms with Gasteiger partial charge in [0.25, 0.3) is 0 Å². The third-order valence-electron chi connectivity index (χ3n) is 4.51. The highest BCUT2D eigenvalue weighted by Gasteiger charge is 2.29. The van der Waals surface area contributed by atoms with Crippen LogP contribution < -0.4 is 14.8 Å². The van der Waals surface area contributed by atoms with Crippen LogP contribution in [-0.2, 0) is 9.53 Å². The van der Waals surface area contributed by atoms with Crippen LogP contribution in [0.15, 0.2) is 42.6 Å². The predicted molar refractivity (Wildman–Crippen MR) is 101 cm³/mol. The lowest BCUT2D eigenvalue weighted by atomic mass is 9.96. The zero-order valence-electron chi connectivity index (χ0n) is 16.2. The molecule has 0 spiro atoms. The third kappa shape index (κ3) is 4.70. The molecule has 2 rings (SSSR count). The van der Waals surface area contributed by atoms with Crippen molar-refractivity contribution in [1.29, 1.82) is 0 Å². The smallest absolute Gasteiger partial charge is 0.328 e. The topological polar surface area (TPSA) is 112 Å². The van der Waals surface area contributed by atoms with E-state index in [1.54, 1.807) is 6.92 Å². The molecule has 0 saturated heterocycles. The maximum atomic E-state index is 12.4. The van der Waals surface area contributed by atoms with Crippen LogP contribution in [0.1, 0.15) is 42.7 Å². The van der Waals surface area contributed by atoms with Crippen molar-refractivity contribution in [2.45, 2.75) is 38.8 Å². The van der Waals surface area contributed by atoms with Crippen molar-refractivity contribution in [3.05, 3.63) is 59.1 Å². The van der Waals surface area contributed by atoms with Crippen LogP contribution in [0, 0.1) is 5.21 Å². The van der Waals surface area contributed by atoms with Crippen LogP contribution in [0.25, 0.3) is 0 Å². The van der Waals surface area contributed by atoms with Crippen LogP contribution in [0.3, 0.4) is 0 Å². The minimum absolute atomic E-state index is 0.0298. The molecule has 0 unspecified atom stereocenters. The number of methoxy groups -OCH3 is 1. The van der Waals surface area contributed by atoms with Gasteiger partial charge in [-0.2, -0.15) is 4.73 Å². The number of rotatable bonds is 7. The van der Waals surface area contributed by atoms with E-state index in [0.29, 0.717) is 0 Å². The quantitative estimate of drug-likeness (QED) is 0.426. The Bertz CT molecular complexity index is 840. The lowest BCUT2D eigenvalue weighted by Gasteiger charge is -2.23. The van der Waals surface area contributed by atoms with Gasteiger partial charge in [-0.05, 0) is 19.4 Å². The van der Waals surface area contributed by atoms with Crippen molar-refractivity contribution in [3.63, 3.8) is 0 Å². The minimum atomic E-state index is -1.02. The summed E-state index contributed by atoms with van der Waals surface area (Å²) < 4.78 is 10.5. The van der Waals surface area contributed by atoms with Crippen molar-refractivity contribution in [2.75, 3.05) is 7.11 Å². The molecule has 0 radical (unpaired) electrons. The molecule has 28 heavy (non-hydrogen) atoms. The zero-order chi connectivity index (χ0) is 20.8. The van der Waals surface area contributed by atoms with E-state index in [1.165, 1.54) is 20.1 Å². The standard InChI is InChI=1S/C20H24N2O6/c1-12(15-8-6-5-7-9-15)14(3)28-20(25)13(2)21-19(24)17-18(23)16(27-4)10-11-22(17)26/h5-14,23H,1-4H3,(H,21,24)/t12-,13+,14+/m1/s1. The molecule has 1 aromatic heterocycles. The number of hydrogen-bond acceptors (Lipinski definition) is 6. The third-order valence-corrected chi connectivity index (χ3v) is 4.51. The first-order valence-electron chi connectivity index (χ1n) is 8.81. The van der Waals surface area contributed by atoms with Gasteiger partial charge >= 0.3 is 17.6 Å². The normalized spacial score (nSPS) is 13.9. The molecule has 1 amide bonds. The predicted octanol–water partition coefficient (Wildman–Crippen LogP) is 1.89. The summed E-state index contributed by atoms with van der Waals surface area (Å²) >= 11 is 0. The number of carbonyl (C=O) groups is 2. The summed E-state index contributed by atoms with van der Waals surface area (Å²) in [6.07, 6.45) is 0.601. The average molecular weight is 388 g/mol. The Morgan fingerprint density at radius 2 is 1.79 bits per heavy atom. The number of amides is 1. The Labute approximate surface area is 163 Å². The highest BCUT2D eigenvalue weighted by molar-refractivity contribution is 5.96. The van der Waals surface area contributed by atoms with Gasteiger partial charge in [0.05, 0.1) is 7.11 Å². The van der Waals surface area contributed by atoms with Gasteiger partial charge in [0.1, 0.15) is 12.1 Å². The maximum Gasteiger partial charge on any atom is 0.328 e. The van der Waals surface area contributed by atoms with E-state index in [2.05, 4.69) is 5.32 Å². The minimum Gasteiger partial charge on any atom is -0.618 e. The molecule has 0 saturated carbocycles. The molecular weight excluding hydrogens is 364 g/mol. The monoisotopic (exact) mass is 388 g/mol. The average Bonchev–Trinajstić information content (AvgIpc) is 2.68. The van der Waals surface area contributed by atoms with E-state index in [1.807, 2.05) is 37.3 Å². The van der Waals surface area contributed by atoms with E-state index in [-0.39, 0.29) is 16.4 Å². The molecule has 0 aliphatic carbocycles. The first-order chi connectivity index (χ1) is 13.3. The van der Waals surface area contributed by atoms with Gasteiger partial charge < -0.3 is 25.1 Å². The van der Waals surface area contributed by atoms with E-state index in [9.17, 15) is 19.9 Å². The first kappa shape index (κ1) is 21.0. The van der Waals surface area contributed by atoms with E-state index in [4.69, 9.17) is 9.47 Å². The number of hydrogen-bond donors (Lipinski definition) is 2. The highest BCUT2D eigenvalue weighted by Crippen LogP contribution is 2.26. The molecule has 0 bridgehead atoms. The molecule has 0 fully saturated rings. The number of nitrogens with one attached hydrogen (secondary N) is 1. The molecular formula is C20H24N2O6. The second-order valence-electron chi connectivity index (χ2n) is 6.44. The van der Waals surface area contributed by atoms with E-state index in [0.717, 1.165) is 11.8 Å². The maximum absolute atomic E-state index is 12.4. The number of aromatic nitrogens is 1. The van der Waals surface area contributed by atoms with Crippen molar-refractivity contribution < 1.29 is 28.9 Å². The second kappa shape index (κ2) is 9.07. The summed E-state index contributed by atoms with van der Waals surface area (Å²) in [5.74, 6) is -2.25. The molecule has 1 heterocycles. The largest absolute Gasteiger partial charge is 0.618 e. The summed E-state index contributed by atoms with van der Waals surface area (Å²) in [6, 6.07) is 9.80. The lowest BCUT2D eigenvalue weighted by Crippen LogP contribution is -2.46. The van der Waals surface area contributed by atoms with Gasteiger partial charge in [-0.25, -0.2) is 4.79 Å². The summed E-state index contributed by atoms with van der Waals surface area (Å²) in [5.41, 5.74) is 0.456. The zero-order valence-corrected chi connectivity index (χ0v) is 16.2. The number of aromatic hydroxyl groups is 1. The SMILES string of the molecule is COc1cc[n+]([O-])c(C(=O)N[C@@H](C)C(=O)O[C@@H](C)[C@@H](C)c2ccccc2)c1O. The number of esters is 1.